The first kappa shape index (κ1) is 25.5. The number of halogens is 1. The first-order chi connectivity index (χ1) is 16.0. The number of anilines is 3. The fraction of sp³-hybridized carbons (Fsp3) is 0.174. The van der Waals surface area contributed by atoms with Gasteiger partial charge in [-0.3, -0.25) is 13.8 Å². The van der Waals surface area contributed by atoms with Crippen LogP contribution in [0.2, 0.25) is 5.02 Å². The molecular formula is C23H24ClN3O5S2. The van der Waals surface area contributed by atoms with E-state index >= 15 is 0 Å². The topological polar surface area (TPSA) is 113 Å². The number of nitrogens with zero attached hydrogens (tertiary/aromatic N) is 1. The Balaban J connectivity index is 1.56. The first-order valence-corrected chi connectivity index (χ1v) is 14.0. The van der Waals surface area contributed by atoms with Crippen LogP contribution in [0.15, 0.2) is 83.8 Å². The zero-order chi connectivity index (χ0) is 24.8. The second-order valence-electron chi connectivity index (χ2n) is 7.46. The van der Waals surface area contributed by atoms with Gasteiger partial charge in [0.1, 0.15) is 0 Å². The van der Waals surface area contributed by atoms with Gasteiger partial charge in [-0.2, -0.15) is 0 Å². The van der Waals surface area contributed by atoms with Gasteiger partial charge in [-0.1, -0.05) is 35.9 Å². The molecule has 3 aromatic rings. The van der Waals surface area contributed by atoms with Gasteiger partial charge in [0.2, 0.25) is 15.9 Å². The summed E-state index contributed by atoms with van der Waals surface area (Å²) in [6, 6.07) is 20.8. The summed E-state index contributed by atoms with van der Waals surface area (Å²) >= 11 is 5.97. The standard InChI is InChI=1S/C23H24ClN3O5S2/c1-33(29,30)27(21-10-5-7-18(24)17-21)16-6-11-23(28)25-19-12-14-22(15-13-19)34(31,32)26-20-8-3-2-4-9-20/h2-5,7-10,12-15,17,26H,6,11,16H2,1H3,(H,25,28). The van der Waals surface area contributed by atoms with Crippen LogP contribution in [0.25, 0.3) is 0 Å². The van der Waals surface area contributed by atoms with Crippen LogP contribution in [0.5, 0.6) is 0 Å². The van der Waals surface area contributed by atoms with Gasteiger partial charge < -0.3 is 5.32 Å². The van der Waals surface area contributed by atoms with E-state index in [2.05, 4.69) is 10.0 Å². The molecular weight excluding hydrogens is 498 g/mol. The highest BCUT2D eigenvalue weighted by Crippen LogP contribution is 2.22. The van der Waals surface area contributed by atoms with Crippen LogP contribution in [0, 0.1) is 0 Å². The van der Waals surface area contributed by atoms with Gasteiger partial charge in [0.15, 0.2) is 0 Å². The monoisotopic (exact) mass is 521 g/mol. The average Bonchev–Trinajstić information content (AvgIpc) is 2.76. The van der Waals surface area contributed by atoms with Crippen molar-refractivity contribution in [2.24, 2.45) is 0 Å². The van der Waals surface area contributed by atoms with E-state index in [9.17, 15) is 21.6 Å². The molecule has 0 aliphatic heterocycles. The van der Waals surface area contributed by atoms with E-state index in [-0.39, 0.29) is 30.2 Å². The molecule has 11 heteroatoms. The minimum atomic E-state index is -3.76. The number of hydrogen-bond acceptors (Lipinski definition) is 5. The Morgan fingerprint density at radius 1 is 0.882 bits per heavy atom. The minimum Gasteiger partial charge on any atom is -0.326 e. The molecule has 0 unspecified atom stereocenters. The van der Waals surface area contributed by atoms with Crippen molar-refractivity contribution in [1.29, 1.82) is 0 Å². The summed E-state index contributed by atoms with van der Waals surface area (Å²) in [6.07, 6.45) is 1.44. The van der Waals surface area contributed by atoms with Gasteiger partial charge in [-0.05, 0) is 61.0 Å². The number of rotatable bonds is 10. The van der Waals surface area contributed by atoms with Crippen LogP contribution in [-0.2, 0) is 24.8 Å². The van der Waals surface area contributed by atoms with Crippen molar-refractivity contribution in [3.8, 4) is 0 Å². The molecule has 0 spiro atoms. The van der Waals surface area contributed by atoms with Crippen LogP contribution in [-0.4, -0.2) is 35.5 Å². The lowest BCUT2D eigenvalue weighted by atomic mass is 10.2. The van der Waals surface area contributed by atoms with Crippen LogP contribution in [0.1, 0.15) is 12.8 Å². The molecule has 0 heterocycles. The van der Waals surface area contributed by atoms with Crippen molar-refractivity contribution < 1.29 is 21.6 Å². The summed E-state index contributed by atoms with van der Waals surface area (Å²) < 4.78 is 53.0. The Bertz CT molecular complexity index is 1350. The maximum absolute atomic E-state index is 12.5. The van der Waals surface area contributed by atoms with E-state index in [1.54, 1.807) is 54.6 Å². The largest absolute Gasteiger partial charge is 0.326 e. The Kier molecular flexibility index (Phi) is 8.19. The Hall–Kier alpha value is -3.08. The number of benzene rings is 3. The first-order valence-electron chi connectivity index (χ1n) is 10.3. The molecule has 0 bridgehead atoms. The third-order valence-corrected chi connectivity index (χ3v) is 7.56. The average molecular weight is 522 g/mol. The molecule has 0 saturated carbocycles. The summed E-state index contributed by atoms with van der Waals surface area (Å²) in [6.45, 7) is 0.106. The molecule has 3 aromatic carbocycles. The predicted octanol–water partition coefficient (Wildman–Crippen LogP) is 4.33. The molecule has 34 heavy (non-hydrogen) atoms. The van der Waals surface area contributed by atoms with Crippen LogP contribution in [0.3, 0.4) is 0 Å². The van der Waals surface area contributed by atoms with Gasteiger partial charge in [0.25, 0.3) is 10.0 Å². The van der Waals surface area contributed by atoms with E-state index in [1.807, 2.05) is 0 Å². The van der Waals surface area contributed by atoms with Crippen molar-refractivity contribution in [2.45, 2.75) is 17.7 Å². The molecule has 0 radical (unpaired) electrons. The third kappa shape index (κ3) is 7.21. The zero-order valence-corrected chi connectivity index (χ0v) is 20.7. The van der Waals surface area contributed by atoms with E-state index in [1.165, 1.54) is 28.6 Å². The molecule has 0 aliphatic rings. The molecule has 0 aromatic heterocycles. The van der Waals surface area contributed by atoms with Crippen molar-refractivity contribution in [1.82, 2.24) is 0 Å². The predicted molar refractivity (Wildman–Crippen MR) is 135 cm³/mol. The van der Waals surface area contributed by atoms with Crippen LogP contribution in [0.4, 0.5) is 17.1 Å². The van der Waals surface area contributed by atoms with E-state index in [0.717, 1.165) is 6.26 Å². The molecule has 0 saturated heterocycles. The molecule has 3 rings (SSSR count). The molecule has 1 amide bonds. The minimum absolute atomic E-state index is 0.0552. The normalized spacial score (nSPS) is 11.6. The number of carbonyl (C=O) groups excluding carboxylic acids is 1. The SMILES string of the molecule is CS(=O)(=O)N(CCCC(=O)Nc1ccc(S(=O)(=O)Nc2ccccc2)cc1)c1cccc(Cl)c1. The molecule has 2 N–H and O–H groups in total. The van der Waals surface area contributed by atoms with Gasteiger partial charge in [-0.15, -0.1) is 0 Å². The number of nitrogens with one attached hydrogen (secondary N) is 2. The van der Waals surface area contributed by atoms with Crippen molar-refractivity contribution >= 4 is 54.6 Å². The zero-order valence-electron chi connectivity index (χ0n) is 18.3. The fourth-order valence-corrected chi connectivity index (χ4v) is 5.36. The van der Waals surface area contributed by atoms with Gasteiger partial charge in [0.05, 0.1) is 16.8 Å². The number of para-hydroxylation sites is 1. The highest BCUT2D eigenvalue weighted by Gasteiger charge is 2.18. The van der Waals surface area contributed by atoms with Gasteiger partial charge >= 0.3 is 0 Å². The van der Waals surface area contributed by atoms with E-state index < -0.39 is 20.0 Å². The summed E-state index contributed by atoms with van der Waals surface area (Å²) in [7, 11) is -7.31. The Labute approximate surface area is 204 Å². The lowest BCUT2D eigenvalue weighted by molar-refractivity contribution is -0.116. The van der Waals surface area contributed by atoms with Crippen LogP contribution < -0.4 is 14.3 Å². The molecule has 0 fully saturated rings. The number of hydrogen-bond donors (Lipinski definition) is 2. The summed E-state index contributed by atoms with van der Waals surface area (Å²) in [5.41, 5.74) is 1.30. The highest BCUT2D eigenvalue weighted by molar-refractivity contribution is 7.92. The van der Waals surface area contributed by atoms with Gasteiger partial charge in [0, 0.05) is 29.4 Å². The number of amides is 1. The quantitative estimate of drug-likeness (QED) is 0.412. The highest BCUT2D eigenvalue weighted by atomic mass is 35.5. The Morgan fingerprint density at radius 3 is 2.18 bits per heavy atom. The van der Waals surface area contributed by atoms with Gasteiger partial charge in [-0.25, -0.2) is 16.8 Å². The Morgan fingerprint density at radius 2 is 1.56 bits per heavy atom. The smallest absolute Gasteiger partial charge is 0.261 e. The molecule has 0 aliphatic carbocycles. The summed E-state index contributed by atoms with van der Waals surface area (Å²) in [5.74, 6) is -0.322. The summed E-state index contributed by atoms with van der Waals surface area (Å²) in [4.78, 5) is 12.4. The molecule has 8 nitrogen and oxygen atoms in total. The van der Waals surface area contributed by atoms with Crippen molar-refractivity contribution in [2.75, 3.05) is 27.1 Å². The maximum atomic E-state index is 12.5. The number of sulfonamides is 2. The molecule has 180 valence electrons. The third-order valence-electron chi connectivity index (χ3n) is 4.74. The molecule has 0 atom stereocenters. The van der Waals surface area contributed by atoms with E-state index in [0.29, 0.717) is 22.1 Å². The van der Waals surface area contributed by atoms with Crippen LogP contribution >= 0.6 is 11.6 Å². The van der Waals surface area contributed by atoms with Crippen molar-refractivity contribution in [3.05, 3.63) is 83.9 Å². The fourth-order valence-electron chi connectivity index (χ4n) is 3.16. The second-order valence-corrected chi connectivity index (χ2v) is 11.5. The summed E-state index contributed by atoms with van der Waals surface area (Å²) in [5, 5.41) is 3.10. The van der Waals surface area contributed by atoms with E-state index in [4.69, 9.17) is 11.6 Å². The maximum Gasteiger partial charge on any atom is 0.261 e. The lowest BCUT2D eigenvalue weighted by Gasteiger charge is -2.22. The van der Waals surface area contributed by atoms with Crippen molar-refractivity contribution in [3.63, 3.8) is 0 Å². The number of carbonyl (C=O) groups is 1. The second kappa shape index (κ2) is 10.9. The lowest BCUT2D eigenvalue weighted by Crippen LogP contribution is -2.31.